The van der Waals surface area contributed by atoms with Crippen molar-refractivity contribution < 1.29 is 9.47 Å². The average molecular weight is 290 g/mol. The third-order valence-corrected chi connectivity index (χ3v) is 4.66. The Balaban J connectivity index is 2.12. The maximum absolute atomic E-state index is 12.4. The largest absolute Gasteiger partial charge is 0.440 e. The van der Waals surface area contributed by atoms with E-state index in [4.69, 9.17) is 16.3 Å². The fourth-order valence-corrected chi connectivity index (χ4v) is 3.66. The van der Waals surface area contributed by atoms with E-state index in [-0.39, 0.29) is 11.3 Å². The van der Waals surface area contributed by atoms with Gasteiger partial charge in [0, 0.05) is 5.88 Å². The van der Waals surface area contributed by atoms with Gasteiger partial charge >= 0.3 is 0 Å². The van der Waals surface area contributed by atoms with Crippen LogP contribution in [0, 0.1) is 6.10 Å². The number of hydrogen-bond donors (Lipinski definition) is 0. The van der Waals surface area contributed by atoms with Gasteiger partial charge in [-0.25, -0.2) is 0 Å². The van der Waals surface area contributed by atoms with E-state index in [2.05, 4.69) is 11.7 Å². The molecular formula is C16H14ClO3-. The van der Waals surface area contributed by atoms with Gasteiger partial charge in [0.05, 0.1) is 0 Å². The van der Waals surface area contributed by atoms with Crippen LogP contribution in [0.2, 0.25) is 0 Å². The third-order valence-electron chi connectivity index (χ3n) is 4.29. The first-order valence-electron chi connectivity index (χ1n) is 6.70. The molecule has 104 valence electrons. The van der Waals surface area contributed by atoms with Crippen molar-refractivity contribution in [2.45, 2.75) is 19.3 Å². The highest BCUT2D eigenvalue weighted by Crippen LogP contribution is 2.36. The van der Waals surface area contributed by atoms with E-state index in [9.17, 15) is 4.79 Å². The molecule has 1 N–H and O–H groups in total. The molecule has 3 nitrogen and oxygen atoms in total. The van der Waals surface area contributed by atoms with Crippen LogP contribution in [0.15, 0.2) is 22.7 Å². The lowest BCUT2D eigenvalue weighted by atomic mass is 9.89. The second-order valence-corrected chi connectivity index (χ2v) is 5.75. The summed E-state index contributed by atoms with van der Waals surface area (Å²) in [6, 6.07) is 1.75. The molecule has 4 heteroatoms. The van der Waals surface area contributed by atoms with Gasteiger partial charge in [-0.1, -0.05) is 30.7 Å². The van der Waals surface area contributed by atoms with Gasteiger partial charge in [0.15, 0.2) is 6.10 Å². The molecule has 2 aliphatic carbocycles. The molecular weight excluding hydrogens is 276 g/mol. The fourth-order valence-electron chi connectivity index (χ4n) is 3.40. The van der Waals surface area contributed by atoms with E-state index in [1.54, 1.807) is 6.07 Å². The van der Waals surface area contributed by atoms with Gasteiger partial charge in [-0.05, 0) is 11.5 Å². The van der Waals surface area contributed by atoms with Crippen molar-refractivity contribution in [1.29, 1.82) is 0 Å². The molecule has 0 aromatic heterocycles. The van der Waals surface area contributed by atoms with E-state index in [0.29, 0.717) is 12.7 Å². The predicted octanol–water partition coefficient (Wildman–Crippen LogP) is 0.736. The Morgan fingerprint density at radius 1 is 1.55 bits per heavy atom. The molecule has 0 bridgehead atoms. The molecule has 0 radical (unpaired) electrons. The number of halogens is 1. The Morgan fingerprint density at radius 3 is 3.20 bits per heavy atom. The number of benzene rings is 1. The number of hydrogen-bond acceptors (Lipinski definition) is 2. The van der Waals surface area contributed by atoms with Crippen molar-refractivity contribution in [3.05, 3.63) is 55.8 Å². The molecule has 1 heterocycles. The van der Waals surface area contributed by atoms with Gasteiger partial charge in [-0.15, -0.1) is 34.0 Å². The molecule has 0 spiro atoms. The van der Waals surface area contributed by atoms with Gasteiger partial charge in [0.25, 0.3) is 6.79 Å². The normalized spacial score (nSPS) is 22.7. The summed E-state index contributed by atoms with van der Waals surface area (Å²) in [6.07, 6.45) is 5.42. The summed E-state index contributed by atoms with van der Waals surface area (Å²) in [7, 11) is 0. The van der Waals surface area contributed by atoms with Crippen LogP contribution < -0.4 is 15.9 Å². The number of aliphatic hydroxyl groups is 2. The molecule has 1 fully saturated rings. The number of allylic oxidation sites excluding steroid dienone is 1. The first-order chi connectivity index (χ1) is 9.70. The first kappa shape index (κ1) is 12.2. The summed E-state index contributed by atoms with van der Waals surface area (Å²) >= 11 is 6.14. The Hall–Kier alpha value is -1.58. The van der Waals surface area contributed by atoms with E-state index in [1.807, 2.05) is 12.2 Å². The highest BCUT2D eigenvalue weighted by molar-refractivity contribution is 6.18. The quantitative estimate of drug-likeness (QED) is 0.434. The number of ether oxygens (including phenoxy) is 2. The highest BCUT2D eigenvalue weighted by Gasteiger charge is 2.32. The van der Waals surface area contributed by atoms with Crippen molar-refractivity contribution in [2.24, 2.45) is 0 Å². The third kappa shape index (κ3) is 1.48. The molecule has 4 rings (SSSR count). The van der Waals surface area contributed by atoms with E-state index in [0.717, 1.165) is 34.3 Å². The molecule has 1 atom stereocenters. The van der Waals surface area contributed by atoms with Crippen LogP contribution in [0.3, 0.4) is 0 Å². The Bertz CT molecular complexity index is 800. The predicted molar refractivity (Wildman–Crippen MR) is 77.8 cm³/mol. The van der Waals surface area contributed by atoms with Gasteiger partial charge in [-0.2, -0.15) is 0 Å². The zero-order valence-corrected chi connectivity index (χ0v) is 11.8. The van der Waals surface area contributed by atoms with Crippen LogP contribution in [-0.2, 0) is 4.74 Å². The maximum Gasteiger partial charge on any atom is 0.291 e. The molecule has 0 amide bonds. The smallest absolute Gasteiger partial charge is 0.291 e. The van der Waals surface area contributed by atoms with Crippen molar-refractivity contribution >= 4 is 23.3 Å². The highest BCUT2D eigenvalue weighted by atomic mass is 35.5. The SMILES string of the molecule is CC1=c2[cH-]c(=O)c3c(c2C(CCl)C1)[C-]1[OH+]COC1=CC=3. The lowest BCUT2D eigenvalue weighted by molar-refractivity contribution is -0.0444. The molecule has 1 aromatic carbocycles. The van der Waals surface area contributed by atoms with E-state index < -0.39 is 0 Å². The average Bonchev–Trinajstić information content (AvgIpc) is 3.03. The molecule has 1 aliphatic heterocycles. The van der Waals surface area contributed by atoms with Crippen molar-refractivity contribution in [3.63, 3.8) is 0 Å². The van der Waals surface area contributed by atoms with Crippen LogP contribution in [-0.4, -0.2) is 17.4 Å². The maximum atomic E-state index is 12.4. The summed E-state index contributed by atoms with van der Waals surface area (Å²) in [6.45, 7) is 2.41. The van der Waals surface area contributed by atoms with Crippen LogP contribution >= 0.6 is 11.6 Å². The van der Waals surface area contributed by atoms with Gasteiger partial charge < -0.3 is 14.3 Å². The summed E-state index contributed by atoms with van der Waals surface area (Å²) in [4.78, 5) is 12.4. The molecule has 1 saturated heterocycles. The second kappa shape index (κ2) is 4.21. The van der Waals surface area contributed by atoms with Gasteiger partial charge in [0.2, 0.25) is 0 Å². The molecule has 3 aliphatic rings. The van der Waals surface area contributed by atoms with Crippen molar-refractivity contribution in [2.75, 3.05) is 12.7 Å². The summed E-state index contributed by atoms with van der Waals surface area (Å²) in [5, 5.41) is 1.78. The van der Waals surface area contributed by atoms with Crippen LogP contribution in [0.25, 0.3) is 11.6 Å². The number of rotatable bonds is 1. The molecule has 1 unspecified atom stereocenters. The zero-order valence-electron chi connectivity index (χ0n) is 11.1. The second-order valence-electron chi connectivity index (χ2n) is 5.44. The Labute approximate surface area is 121 Å². The minimum Gasteiger partial charge on any atom is -0.440 e. The number of fused-ring (bicyclic) bond motifs is 5. The van der Waals surface area contributed by atoms with Crippen LogP contribution in [0.1, 0.15) is 30.4 Å². The standard InChI is InChI=1S/C16H14ClO3/c1-8-4-9(6-17)14-11(8)5-12(18)10-2-3-13-16(15(10)14)20-7-19-13/h2-3,5,9,20H,4,6-7H2,1H3/q-1. The minimum absolute atomic E-state index is 0.0539. The topological polar surface area (TPSA) is 39.1 Å². The summed E-state index contributed by atoms with van der Waals surface area (Å²) in [5.74, 6) is 1.59. The van der Waals surface area contributed by atoms with Crippen molar-refractivity contribution in [1.82, 2.24) is 0 Å². The van der Waals surface area contributed by atoms with Gasteiger partial charge in [-0.3, -0.25) is 0 Å². The lowest BCUT2D eigenvalue weighted by Gasteiger charge is -2.24. The minimum atomic E-state index is 0.0539. The Kier molecular flexibility index (Phi) is 2.56. The summed E-state index contributed by atoms with van der Waals surface area (Å²) in [5.41, 5.74) is 3.42. The molecule has 0 saturated carbocycles. The first-order valence-corrected chi connectivity index (χ1v) is 7.24. The monoisotopic (exact) mass is 289 g/mol. The fraction of sp³-hybridized carbons (Fsp3) is 0.312. The van der Waals surface area contributed by atoms with Gasteiger partial charge in [0.1, 0.15) is 11.2 Å². The molecule has 20 heavy (non-hydrogen) atoms. The Morgan fingerprint density at radius 2 is 2.40 bits per heavy atom. The number of alkyl halides is 1. The van der Waals surface area contributed by atoms with Crippen LogP contribution in [0.5, 0.6) is 0 Å². The zero-order chi connectivity index (χ0) is 13.9. The lowest BCUT2D eigenvalue weighted by Crippen LogP contribution is -2.38. The van der Waals surface area contributed by atoms with E-state index in [1.165, 1.54) is 11.1 Å². The van der Waals surface area contributed by atoms with E-state index >= 15 is 0 Å². The van der Waals surface area contributed by atoms with Crippen molar-refractivity contribution in [3.8, 4) is 0 Å². The molecule has 1 aromatic rings. The summed E-state index contributed by atoms with van der Waals surface area (Å²) < 4.78 is 9.92. The van der Waals surface area contributed by atoms with Crippen LogP contribution in [0.4, 0.5) is 0 Å².